The highest BCUT2D eigenvalue weighted by molar-refractivity contribution is 5.77. The third kappa shape index (κ3) is 3.99. The molecular formula is C20H23NO2. The molecule has 1 amide bonds. The topological polar surface area (TPSA) is 40.5 Å². The molecule has 1 heterocycles. The summed E-state index contributed by atoms with van der Waals surface area (Å²) in [4.78, 5) is 12.1. The van der Waals surface area contributed by atoms with Crippen molar-refractivity contribution < 1.29 is 10.0 Å². The van der Waals surface area contributed by atoms with Crippen LogP contribution in [0.2, 0.25) is 0 Å². The Bertz CT molecular complexity index is 627. The summed E-state index contributed by atoms with van der Waals surface area (Å²) in [5.41, 5.74) is 2.50. The molecule has 0 spiro atoms. The van der Waals surface area contributed by atoms with Crippen molar-refractivity contribution in [1.29, 1.82) is 0 Å². The van der Waals surface area contributed by atoms with Gasteiger partial charge < -0.3 is 0 Å². The summed E-state index contributed by atoms with van der Waals surface area (Å²) in [6.45, 7) is 0. The van der Waals surface area contributed by atoms with Crippen LogP contribution in [0.15, 0.2) is 60.7 Å². The minimum Gasteiger partial charge on any atom is -0.286 e. The number of aryl methyl sites for hydroxylation is 1. The summed E-state index contributed by atoms with van der Waals surface area (Å²) >= 11 is 0. The van der Waals surface area contributed by atoms with E-state index in [0.717, 1.165) is 30.7 Å². The Morgan fingerprint density at radius 1 is 1.00 bits per heavy atom. The minimum absolute atomic E-state index is 0.0785. The molecule has 2 aromatic carbocycles. The molecule has 1 fully saturated rings. The van der Waals surface area contributed by atoms with Crippen molar-refractivity contribution in [3.63, 3.8) is 0 Å². The van der Waals surface area contributed by atoms with Crippen LogP contribution in [0.25, 0.3) is 0 Å². The van der Waals surface area contributed by atoms with Gasteiger partial charge in [-0.15, -0.1) is 0 Å². The molecule has 3 heteroatoms. The molecule has 0 unspecified atom stereocenters. The highest BCUT2D eigenvalue weighted by Gasteiger charge is 2.33. The van der Waals surface area contributed by atoms with Gasteiger partial charge in [0.15, 0.2) is 0 Å². The van der Waals surface area contributed by atoms with Crippen molar-refractivity contribution in [3.8, 4) is 0 Å². The third-order valence-electron chi connectivity index (χ3n) is 4.70. The predicted molar refractivity (Wildman–Crippen MR) is 90.2 cm³/mol. The first-order chi connectivity index (χ1) is 11.2. The first-order valence-corrected chi connectivity index (χ1v) is 8.34. The molecule has 1 aliphatic rings. The zero-order chi connectivity index (χ0) is 16.1. The van der Waals surface area contributed by atoms with Gasteiger partial charge in [0.1, 0.15) is 0 Å². The number of hydrogen-bond donors (Lipinski definition) is 1. The van der Waals surface area contributed by atoms with Crippen molar-refractivity contribution >= 4 is 5.91 Å². The molecule has 0 bridgehead atoms. The molecule has 23 heavy (non-hydrogen) atoms. The number of piperidine rings is 1. The van der Waals surface area contributed by atoms with E-state index in [0.29, 0.717) is 6.42 Å². The highest BCUT2D eigenvalue weighted by atomic mass is 16.5. The van der Waals surface area contributed by atoms with E-state index < -0.39 is 0 Å². The van der Waals surface area contributed by atoms with Gasteiger partial charge in [-0.25, -0.2) is 5.06 Å². The van der Waals surface area contributed by atoms with Crippen LogP contribution in [0.1, 0.15) is 42.7 Å². The Kier molecular flexibility index (Phi) is 5.09. The largest absolute Gasteiger partial charge is 0.286 e. The number of benzene rings is 2. The molecule has 120 valence electrons. The van der Waals surface area contributed by atoms with Gasteiger partial charge in [0.05, 0.1) is 6.04 Å². The Hall–Kier alpha value is -2.13. The Balaban J connectivity index is 1.60. The van der Waals surface area contributed by atoms with Gasteiger partial charge in [0.2, 0.25) is 5.91 Å². The first-order valence-electron chi connectivity index (χ1n) is 8.34. The zero-order valence-corrected chi connectivity index (χ0v) is 13.3. The lowest BCUT2D eigenvalue weighted by molar-refractivity contribution is -0.184. The van der Waals surface area contributed by atoms with E-state index >= 15 is 0 Å². The van der Waals surface area contributed by atoms with Gasteiger partial charge in [-0.2, -0.15) is 0 Å². The number of carbonyl (C=O) groups excluding carboxylic acids is 1. The van der Waals surface area contributed by atoms with Gasteiger partial charge in [0.25, 0.3) is 0 Å². The van der Waals surface area contributed by atoms with Gasteiger partial charge in [-0.05, 0) is 42.7 Å². The SMILES string of the molecule is O=C1C[C@@H](c2ccccc2)C[C@@H](CCCc2ccccc2)N1O. The molecular weight excluding hydrogens is 286 g/mol. The summed E-state index contributed by atoms with van der Waals surface area (Å²) < 4.78 is 0. The maximum atomic E-state index is 12.1. The smallest absolute Gasteiger partial charge is 0.246 e. The first kappa shape index (κ1) is 15.8. The van der Waals surface area contributed by atoms with Crippen LogP contribution in [0, 0.1) is 0 Å². The van der Waals surface area contributed by atoms with E-state index in [1.807, 2.05) is 36.4 Å². The number of hydroxylamine groups is 2. The molecule has 0 aromatic heterocycles. The Morgan fingerprint density at radius 2 is 1.65 bits per heavy atom. The van der Waals surface area contributed by atoms with Crippen LogP contribution in [0.3, 0.4) is 0 Å². The molecule has 0 aliphatic carbocycles. The average Bonchev–Trinajstić information content (AvgIpc) is 2.60. The average molecular weight is 309 g/mol. The number of hydrogen-bond acceptors (Lipinski definition) is 2. The predicted octanol–water partition coefficient (Wildman–Crippen LogP) is 4.17. The van der Waals surface area contributed by atoms with Crippen molar-refractivity contribution in [1.82, 2.24) is 5.06 Å². The molecule has 0 radical (unpaired) electrons. The fraction of sp³-hybridized carbons (Fsp3) is 0.350. The lowest BCUT2D eigenvalue weighted by Gasteiger charge is -2.35. The Labute approximate surface area is 137 Å². The van der Waals surface area contributed by atoms with Crippen LogP contribution in [0.4, 0.5) is 0 Å². The number of carbonyl (C=O) groups is 1. The van der Waals surface area contributed by atoms with E-state index in [1.165, 1.54) is 11.1 Å². The zero-order valence-electron chi connectivity index (χ0n) is 13.3. The van der Waals surface area contributed by atoms with Crippen LogP contribution in [-0.2, 0) is 11.2 Å². The lowest BCUT2D eigenvalue weighted by Crippen LogP contribution is -2.43. The molecule has 3 rings (SSSR count). The van der Waals surface area contributed by atoms with Crippen LogP contribution >= 0.6 is 0 Å². The van der Waals surface area contributed by atoms with Gasteiger partial charge >= 0.3 is 0 Å². The summed E-state index contributed by atoms with van der Waals surface area (Å²) in [5.74, 6) is 0.0589. The molecule has 0 saturated carbocycles. The molecule has 1 saturated heterocycles. The standard InChI is InChI=1S/C20H23NO2/c22-20-15-18(17-11-5-2-6-12-17)14-19(21(20)23)13-7-10-16-8-3-1-4-9-16/h1-6,8-9,11-12,18-19,23H,7,10,13-15H2/t18-,19+/m0/s1. The molecule has 3 nitrogen and oxygen atoms in total. The second kappa shape index (κ2) is 7.42. The fourth-order valence-electron chi connectivity index (χ4n) is 3.43. The second-order valence-corrected chi connectivity index (χ2v) is 6.32. The number of nitrogens with zero attached hydrogens (tertiary/aromatic N) is 1. The number of amides is 1. The molecule has 1 aliphatic heterocycles. The monoisotopic (exact) mass is 309 g/mol. The van der Waals surface area contributed by atoms with Crippen LogP contribution in [-0.4, -0.2) is 22.2 Å². The molecule has 1 N–H and O–H groups in total. The minimum atomic E-state index is -0.158. The fourth-order valence-corrected chi connectivity index (χ4v) is 3.43. The summed E-state index contributed by atoms with van der Waals surface area (Å²) in [6.07, 6.45) is 4.02. The normalized spacial score (nSPS) is 21.4. The third-order valence-corrected chi connectivity index (χ3v) is 4.70. The second-order valence-electron chi connectivity index (χ2n) is 6.32. The highest BCUT2D eigenvalue weighted by Crippen LogP contribution is 2.33. The quantitative estimate of drug-likeness (QED) is 0.842. The van der Waals surface area contributed by atoms with Crippen molar-refractivity contribution in [2.45, 2.75) is 44.1 Å². The van der Waals surface area contributed by atoms with Crippen molar-refractivity contribution in [3.05, 3.63) is 71.8 Å². The molecule has 2 atom stereocenters. The van der Waals surface area contributed by atoms with Crippen LogP contribution < -0.4 is 0 Å². The van der Waals surface area contributed by atoms with E-state index in [4.69, 9.17) is 0 Å². The van der Waals surface area contributed by atoms with E-state index in [-0.39, 0.29) is 17.9 Å². The Morgan fingerprint density at radius 3 is 2.35 bits per heavy atom. The van der Waals surface area contributed by atoms with Gasteiger partial charge in [-0.3, -0.25) is 10.0 Å². The van der Waals surface area contributed by atoms with Crippen molar-refractivity contribution in [2.75, 3.05) is 0 Å². The maximum absolute atomic E-state index is 12.1. The molecule has 2 aromatic rings. The lowest BCUT2D eigenvalue weighted by atomic mass is 9.84. The summed E-state index contributed by atoms with van der Waals surface area (Å²) in [6, 6.07) is 20.4. The van der Waals surface area contributed by atoms with Crippen molar-refractivity contribution in [2.24, 2.45) is 0 Å². The number of rotatable bonds is 5. The van der Waals surface area contributed by atoms with Gasteiger partial charge in [0, 0.05) is 6.42 Å². The van der Waals surface area contributed by atoms with Gasteiger partial charge in [-0.1, -0.05) is 60.7 Å². The summed E-state index contributed by atoms with van der Waals surface area (Å²) in [5, 5.41) is 11.1. The van der Waals surface area contributed by atoms with E-state index in [2.05, 4.69) is 24.3 Å². The summed E-state index contributed by atoms with van der Waals surface area (Å²) in [7, 11) is 0. The van der Waals surface area contributed by atoms with E-state index in [1.54, 1.807) is 0 Å². The van der Waals surface area contributed by atoms with E-state index in [9.17, 15) is 10.0 Å². The maximum Gasteiger partial charge on any atom is 0.246 e. The van der Waals surface area contributed by atoms with Crippen LogP contribution in [0.5, 0.6) is 0 Å².